The first-order chi connectivity index (χ1) is 12.8. The third kappa shape index (κ3) is 5.08. The molecule has 5 nitrogen and oxygen atoms in total. The number of ether oxygens (including phenoxy) is 1. The van der Waals surface area contributed by atoms with Gasteiger partial charge in [0.1, 0.15) is 11.9 Å². The van der Waals surface area contributed by atoms with Gasteiger partial charge in [0, 0.05) is 31.8 Å². The summed E-state index contributed by atoms with van der Waals surface area (Å²) in [5.41, 5.74) is -0.0793. The number of carbonyl (C=O) groups is 1. The number of rotatable bonds is 4. The van der Waals surface area contributed by atoms with Crippen LogP contribution in [0.15, 0.2) is 42.6 Å². The van der Waals surface area contributed by atoms with Crippen LogP contribution in [0, 0.1) is 5.82 Å². The fourth-order valence-corrected chi connectivity index (χ4v) is 2.72. The molecule has 3 rings (SSSR count). The van der Waals surface area contributed by atoms with Crippen LogP contribution in [0.2, 0.25) is 0 Å². The molecule has 1 aliphatic heterocycles. The second-order valence-corrected chi connectivity index (χ2v) is 6.14. The van der Waals surface area contributed by atoms with Gasteiger partial charge in [-0.05, 0) is 23.8 Å². The second kappa shape index (κ2) is 7.81. The van der Waals surface area contributed by atoms with Gasteiger partial charge in [-0.3, -0.25) is 0 Å². The Hall–Kier alpha value is -2.84. The van der Waals surface area contributed by atoms with Crippen molar-refractivity contribution >= 4 is 6.03 Å². The molecule has 1 aliphatic rings. The number of carbonyl (C=O) groups excluding carboxylic acids is 1. The van der Waals surface area contributed by atoms with E-state index in [0.29, 0.717) is 13.0 Å². The maximum absolute atomic E-state index is 12.9. The lowest BCUT2D eigenvalue weighted by atomic mass is 10.2. The van der Waals surface area contributed by atoms with E-state index in [1.165, 1.54) is 17.0 Å². The van der Waals surface area contributed by atoms with Crippen molar-refractivity contribution in [2.75, 3.05) is 13.1 Å². The zero-order valence-corrected chi connectivity index (χ0v) is 14.2. The number of nitrogens with one attached hydrogen (secondary N) is 1. The minimum atomic E-state index is -4.47. The molecule has 0 spiro atoms. The molecule has 0 saturated carbocycles. The predicted molar refractivity (Wildman–Crippen MR) is 88.5 cm³/mol. The highest BCUT2D eigenvalue weighted by Gasteiger charge is 2.32. The highest BCUT2D eigenvalue weighted by Crippen LogP contribution is 2.31. The largest absolute Gasteiger partial charge is 0.472 e. The van der Waals surface area contributed by atoms with Crippen LogP contribution in [0.4, 0.5) is 22.4 Å². The van der Waals surface area contributed by atoms with Gasteiger partial charge in [0.15, 0.2) is 0 Å². The Morgan fingerprint density at radius 2 is 2.00 bits per heavy atom. The van der Waals surface area contributed by atoms with Gasteiger partial charge in [0.05, 0.1) is 12.1 Å². The van der Waals surface area contributed by atoms with Crippen LogP contribution in [0.3, 0.4) is 0 Å². The molecule has 0 radical (unpaired) electrons. The lowest BCUT2D eigenvalue weighted by molar-refractivity contribution is -0.137. The van der Waals surface area contributed by atoms with Crippen LogP contribution < -0.4 is 10.1 Å². The van der Waals surface area contributed by atoms with Crippen molar-refractivity contribution in [3.63, 3.8) is 0 Å². The molecule has 1 atom stereocenters. The smallest absolute Gasteiger partial charge is 0.416 e. The first-order valence-corrected chi connectivity index (χ1v) is 8.28. The SMILES string of the molecule is O=C(NCc1ccc(F)cc1)N1CC[C@@H](Oc2cc(C(F)(F)F)ccn2)C1. The lowest BCUT2D eigenvalue weighted by Crippen LogP contribution is -2.39. The molecule has 2 aromatic rings. The molecule has 144 valence electrons. The van der Waals surface area contributed by atoms with Crippen molar-refractivity contribution in [2.24, 2.45) is 0 Å². The quantitative estimate of drug-likeness (QED) is 0.821. The minimum absolute atomic E-state index is 0.122. The molecule has 27 heavy (non-hydrogen) atoms. The number of pyridine rings is 1. The summed E-state index contributed by atoms with van der Waals surface area (Å²) in [5, 5.41) is 2.72. The predicted octanol–water partition coefficient (Wildman–Crippen LogP) is 3.60. The number of halogens is 4. The summed E-state index contributed by atoms with van der Waals surface area (Å²) in [6.45, 7) is 0.905. The summed E-state index contributed by atoms with van der Waals surface area (Å²) >= 11 is 0. The highest BCUT2D eigenvalue weighted by atomic mass is 19.4. The summed E-state index contributed by atoms with van der Waals surface area (Å²) in [6, 6.07) is 7.17. The molecule has 2 amide bonds. The van der Waals surface area contributed by atoms with Gasteiger partial charge >= 0.3 is 12.2 Å². The number of amides is 2. The van der Waals surface area contributed by atoms with Crippen molar-refractivity contribution < 1.29 is 27.1 Å². The van der Waals surface area contributed by atoms with Crippen molar-refractivity contribution in [1.29, 1.82) is 0 Å². The highest BCUT2D eigenvalue weighted by molar-refractivity contribution is 5.74. The lowest BCUT2D eigenvalue weighted by Gasteiger charge is -2.18. The number of aromatic nitrogens is 1. The third-order valence-electron chi connectivity index (χ3n) is 4.14. The first kappa shape index (κ1) is 18.9. The Morgan fingerprint density at radius 3 is 2.70 bits per heavy atom. The van der Waals surface area contributed by atoms with E-state index in [1.807, 2.05) is 0 Å². The number of hydrogen-bond acceptors (Lipinski definition) is 3. The molecular formula is C18H17F4N3O2. The Balaban J connectivity index is 1.51. The zero-order chi connectivity index (χ0) is 19.4. The van der Waals surface area contributed by atoms with Gasteiger partial charge in [-0.15, -0.1) is 0 Å². The second-order valence-electron chi connectivity index (χ2n) is 6.14. The first-order valence-electron chi connectivity index (χ1n) is 8.28. The zero-order valence-electron chi connectivity index (χ0n) is 14.2. The maximum atomic E-state index is 12.9. The fourth-order valence-electron chi connectivity index (χ4n) is 2.72. The molecule has 2 heterocycles. The number of nitrogens with zero attached hydrogens (tertiary/aromatic N) is 2. The van der Waals surface area contributed by atoms with Crippen LogP contribution in [0.5, 0.6) is 5.88 Å². The van der Waals surface area contributed by atoms with Gasteiger partial charge in [0.2, 0.25) is 5.88 Å². The third-order valence-corrected chi connectivity index (χ3v) is 4.14. The van der Waals surface area contributed by atoms with Gasteiger partial charge in [-0.1, -0.05) is 12.1 Å². The van der Waals surface area contributed by atoms with Crippen LogP contribution >= 0.6 is 0 Å². The van der Waals surface area contributed by atoms with E-state index in [4.69, 9.17) is 4.74 Å². The summed E-state index contributed by atoms with van der Waals surface area (Å²) in [5.74, 6) is -0.476. The number of likely N-dealkylation sites (tertiary alicyclic amines) is 1. The Bertz CT molecular complexity index is 796. The van der Waals surface area contributed by atoms with E-state index in [9.17, 15) is 22.4 Å². The van der Waals surface area contributed by atoms with E-state index in [0.717, 1.165) is 23.9 Å². The monoisotopic (exact) mass is 383 g/mol. The number of hydrogen-bond donors (Lipinski definition) is 1. The molecular weight excluding hydrogens is 366 g/mol. The van der Waals surface area contributed by atoms with Crippen molar-refractivity contribution in [3.05, 3.63) is 59.5 Å². The summed E-state index contributed by atoms with van der Waals surface area (Å²) in [6.07, 6.45) is -3.37. The molecule has 0 unspecified atom stereocenters. The normalized spacial score (nSPS) is 17.0. The molecule has 1 N–H and O–H groups in total. The van der Waals surface area contributed by atoms with Crippen LogP contribution in [-0.2, 0) is 12.7 Å². The maximum Gasteiger partial charge on any atom is 0.416 e. The molecule has 1 saturated heterocycles. The van der Waals surface area contributed by atoms with Gasteiger partial charge in [0.25, 0.3) is 0 Å². The van der Waals surface area contributed by atoms with Crippen LogP contribution in [0.25, 0.3) is 0 Å². The van der Waals surface area contributed by atoms with Gasteiger partial charge < -0.3 is 15.0 Å². The van der Waals surface area contributed by atoms with Crippen LogP contribution in [-0.4, -0.2) is 35.1 Å². The van der Waals surface area contributed by atoms with Crippen LogP contribution in [0.1, 0.15) is 17.5 Å². The molecule has 1 aromatic heterocycles. The van der Waals surface area contributed by atoms with E-state index in [2.05, 4.69) is 10.3 Å². The molecule has 0 aliphatic carbocycles. The molecule has 1 aromatic carbocycles. The number of alkyl halides is 3. The Kier molecular flexibility index (Phi) is 5.48. The number of urea groups is 1. The van der Waals surface area contributed by atoms with Crippen molar-refractivity contribution in [3.8, 4) is 5.88 Å². The topological polar surface area (TPSA) is 54.5 Å². The summed E-state index contributed by atoms with van der Waals surface area (Å²) < 4.78 is 56.6. The molecule has 9 heteroatoms. The molecule has 1 fully saturated rings. The average Bonchev–Trinajstić information content (AvgIpc) is 3.09. The number of benzene rings is 1. The van der Waals surface area contributed by atoms with E-state index in [-0.39, 0.29) is 30.8 Å². The van der Waals surface area contributed by atoms with E-state index >= 15 is 0 Å². The Morgan fingerprint density at radius 1 is 1.26 bits per heavy atom. The fraction of sp³-hybridized carbons (Fsp3) is 0.333. The van der Waals surface area contributed by atoms with Gasteiger partial charge in [-0.2, -0.15) is 13.2 Å². The minimum Gasteiger partial charge on any atom is -0.472 e. The molecule has 0 bridgehead atoms. The summed E-state index contributed by atoms with van der Waals surface area (Å²) in [7, 11) is 0. The Labute approximate surface area is 153 Å². The van der Waals surface area contributed by atoms with Crippen molar-refractivity contribution in [1.82, 2.24) is 15.2 Å². The average molecular weight is 383 g/mol. The van der Waals surface area contributed by atoms with Crippen molar-refractivity contribution in [2.45, 2.75) is 25.2 Å². The van der Waals surface area contributed by atoms with Gasteiger partial charge in [-0.25, -0.2) is 14.2 Å². The standard InChI is InChI=1S/C18H17F4N3O2/c19-14-3-1-12(2-4-14)10-24-17(26)25-8-6-15(11-25)27-16-9-13(5-7-23-16)18(20,21)22/h1-5,7,9,15H,6,8,10-11H2,(H,24,26)/t15-/m1/s1. The van der Waals surface area contributed by atoms with E-state index in [1.54, 1.807) is 12.1 Å². The summed E-state index contributed by atoms with van der Waals surface area (Å²) in [4.78, 5) is 17.5. The van der Waals surface area contributed by atoms with E-state index < -0.39 is 17.8 Å².